The molecule has 0 saturated carbocycles. The van der Waals surface area contributed by atoms with Crippen molar-refractivity contribution in [3.05, 3.63) is 29.8 Å². The fourth-order valence-corrected chi connectivity index (χ4v) is 2.71. The Morgan fingerprint density at radius 3 is 2.30 bits per heavy atom. The van der Waals surface area contributed by atoms with Gasteiger partial charge in [0.05, 0.1) is 5.25 Å². The maximum Gasteiger partial charge on any atom is 0.236 e. The number of rotatable bonds is 7. The van der Waals surface area contributed by atoms with E-state index in [1.54, 1.807) is 13.0 Å². The molecule has 0 fully saturated rings. The highest BCUT2D eigenvalue weighted by molar-refractivity contribution is 7.93. The van der Waals surface area contributed by atoms with Crippen molar-refractivity contribution in [2.75, 3.05) is 11.3 Å². The van der Waals surface area contributed by atoms with E-state index in [2.05, 4.69) is 23.9 Å². The smallest absolute Gasteiger partial charge is 0.236 e. The number of anilines is 1. The van der Waals surface area contributed by atoms with E-state index in [0.29, 0.717) is 18.2 Å². The summed E-state index contributed by atoms with van der Waals surface area (Å²) in [5.41, 5.74) is 1.76. The molecule has 5 heteroatoms. The first kappa shape index (κ1) is 17.0. The molecular weight excluding hydrogens is 272 g/mol. The van der Waals surface area contributed by atoms with Gasteiger partial charge < -0.3 is 5.32 Å². The van der Waals surface area contributed by atoms with Crippen LogP contribution in [0.25, 0.3) is 0 Å². The van der Waals surface area contributed by atoms with Gasteiger partial charge in [-0.25, -0.2) is 8.42 Å². The fourth-order valence-electron chi connectivity index (χ4n) is 1.74. The standard InChI is InChI=1S/C15H26N2O2S/c1-11(2)14-7-6-8-15(9-14)17-20(18,19)13(5)10-16-12(3)4/h6-9,11-13,16-17H,10H2,1-5H3. The highest BCUT2D eigenvalue weighted by Gasteiger charge is 2.20. The van der Waals surface area contributed by atoms with Gasteiger partial charge in [-0.3, -0.25) is 4.72 Å². The second kappa shape index (κ2) is 7.09. The van der Waals surface area contributed by atoms with Crippen LogP contribution in [0.2, 0.25) is 0 Å². The SMILES string of the molecule is CC(C)NCC(C)S(=O)(=O)Nc1cccc(C(C)C)c1. The summed E-state index contributed by atoms with van der Waals surface area (Å²) in [4.78, 5) is 0. The van der Waals surface area contributed by atoms with Gasteiger partial charge in [0.1, 0.15) is 0 Å². The molecule has 0 aliphatic carbocycles. The normalized spacial score (nSPS) is 13.8. The number of sulfonamides is 1. The molecule has 0 aliphatic heterocycles. The van der Waals surface area contributed by atoms with Gasteiger partial charge in [-0.1, -0.05) is 39.8 Å². The first-order valence-electron chi connectivity index (χ1n) is 7.07. The van der Waals surface area contributed by atoms with Crippen molar-refractivity contribution in [2.45, 2.75) is 51.8 Å². The van der Waals surface area contributed by atoms with Crippen LogP contribution < -0.4 is 10.0 Å². The zero-order valence-electron chi connectivity index (χ0n) is 13.0. The molecule has 0 saturated heterocycles. The van der Waals surface area contributed by atoms with Gasteiger partial charge in [0.25, 0.3) is 0 Å². The van der Waals surface area contributed by atoms with Gasteiger partial charge in [0.15, 0.2) is 0 Å². The zero-order chi connectivity index (χ0) is 15.3. The summed E-state index contributed by atoms with van der Waals surface area (Å²) in [6.07, 6.45) is 0. The molecule has 4 nitrogen and oxygen atoms in total. The van der Waals surface area contributed by atoms with Crippen molar-refractivity contribution in [3.8, 4) is 0 Å². The third-order valence-corrected chi connectivity index (χ3v) is 4.90. The highest BCUT2D eigenvalue weighted by Crippen LogP contribution is 2.20. The molecule has 2 N–H and O–H groups in total. The molecule has 1 rings (SSSR count). The monoisotopic (exact) mass is 298 g/mol. The molecule has 0 heterocycles. The minimum atomic E-state index is -3.36. The average Bonchev–Trinajstić information content (AvgIpc) is 2.35. The third kappa shape index (κ3) is 5.13. The summed E-state index contributed by atoms with van der Waals surface area (Å²) < 4.78 is 27.2. The van der Waals surface area contributed by atoms with E-state index in [1.165, 1.54) is 0 Å². The minimum absolute atomic E-state index is 0.275. The number of benzene rings is 1. The van der Waals surface area contributed by atoms with Crippen LogP contribution in [0.3, 0.4) is 0 Å². The molecule has 0 aromatic heterocycles. The van der Waals surface area contributed by atoms with Crippen molar-refractivity contribution < 1.29 is 8.42 Å². The molecule has 0 radical (unpaired) electrons. The lowest BCUT2D eigenvalue weighted by molar-refractivity contribution is 0.553. The minimum Gasteiger partial charge on any atom is -0.313 e. The third-order valence-electron chi connectivity index (χ3n) is 3.16. The van der Waals surface area contributed by atoms with Crippen LogP contribution in [0.5, 0.6) is 0 Å². The Bertz CT molecular complexity index is 524. The van der Waals surface area contributed by atoms with Crippen LogP contribution in [0, 0.1) is 0 Å². The zero-order valence-corrected chi connectivity index (χ0v) is 13.8. The lowest BCUT2D eigenvalue weighted by Crippen LogP contribution is -2.37. The second-order valence-corrected chi connectivity index (χ2v) is 7.90. The van der Waals surface area contributed by atoms with Crippen molar-refractivity contribution in [1.82, 2.24) is 5.32 Å². The molecule has 0 aliphatic rings. The summed E-state index contributed by atoms with van der Waals surface area (Å²) in [6.45, 7) is 10.3. The molecule has 114 valence electrons. The van der Waals surface area contributed by atoms with Crippen molar-refractivity contribution in [1.29, 1.82) is 0 Å². The van der Waals surface area contributed by atoms with Crippen LogP contribution in [-0.4, -0.2) is 26.3 Å². The molecule has 20 heavy (non-hydrogen) atoms. The van der Waals surface area contributed by atoms with Gasteiger partial charge in [-0.05, 0) is 30.5 Å². The number of nitrogens with one attached hydrogen (secondary N) is 2. The predicted molar refractivity (Wildman–Crippen MR) is 85.7 cm³/mol. The van der Waals surface area contributed by atoms with Crippen LogP contribution in [0.4, 0.5) is 5.69 Å². The van der Waals surface area contributed by atoms with Crippen molar-refractivity contribution in [2.24, 2.45) is 0 Å². The van der Waals surface area contributed by atoms with Gasteiger partial charge in [0, 0.05) is 18.3 Å². The summed E-state index contributed by atoms with van der Waals surface area (Å²) in [5, 5.41) is 2.67. The average molecular weight is 298 g/mol. The molecular formula is C15H26N2O2S. The van der Waals surface area contributed by atoms with Crippen LogP contribution in [-0.2, 0) is 10.0 Å². The second-order valence-electron chi connectivity index (χ2n) is 5.80. The van der Waals surface area contributed by atoms with Crippen molar-refractivity contribution >= 4 is 15.7 Å². The van der Waals surface area contributed by atoms with Crippen LogP contribution in [0.1, 0.15) is 46.1 Å². The number of hydrogen-bond acceptors (Lipinski definition) is 3. The van der Waals surface area contributed by atoms with E-state index in [1.807, 2.05) is 32.0 Å². The molecule has 0 spiro atoms. The van der Waals surface area contributed by atoms with E-state index in [-0.39, 0.29) is 6.04 Å². The summed E-state index contributed by atoms with van der Waals surface area (Å²) in [7, 11) is -3.36. The summed E-state index contributed by atoms with van der Waals surface area (Å²) in [5.74, 6) is 0.375. The lowest BCUT2D eigenvalue weighted by atomic mass is 10.0. The van der Waals surface area contributed by atoms with E-state index < -0.39 is 15.3 Å². The summed E-state index contributed by atoms with van der Waals surface area (Å²) in [6, 6.07) is 7.84. The molecule has 1 aromatic carbocycles. The van der Waals surface area contributed by atoms with Crippen LogP contribution in [0.15, 0.2) is 24.3 Å². The molecule has 0 bridgehead atoms. The lowest BCUT2D eigenvalue weighted by Gasteiger charge is -2.17. The largest absolute Gasteiger partial charge is 0.313 e. The quantitative estimate of drug-likeness (QED) is 0.813. The van der Waals surface area contributed by atoms with E-state index in [9.17, 15) is 8.42 Å². The highest BCUT2D eigenvalue weighted by atomic mass is 32.2. The Hall–Kier alpha value is -1.07. The first-order valence-corrected chi connectivity index (χ1v) is 8.62. The Morgan fingerprint density at radius 1 is 1.10 bits per heavy atom. The maximum absolute atomic E-state index is 12.2. The van der Waals surface area contributed by atoms with E-state index >= 15 is 0 Å². The van der Waals surface area contributed by atoms with E-state index in [0.717, 1.165) is 5.56 Å². The molecule has 1 unspecified atom stereocenters. The number of hydrogen-bond donors (Lipinski definition) is 2. The molecule has 0 amide bonds. The van der Waals surface area contributed by atoms with Gasteiger partial charge in [-0.15, -0.1) is 0 Å². The predicted octanol–water partition coefficient (Wildman–Crippen LogP) is 2.94. The first-order chi connectivity index (χ1) is 9.22. The van der Waals surface area contributed by atoms with E-state index in [4.69, 9.17) is 0 Å². The van der Waals surface area contributed by atoms with Gasteiger partial charge >= 0.3 is 0 Å². The maximum atomic E-state index is 12.2. The Morgan fingerprint density at radius 2 is 1.75 bits per heavy atom. The fraction of sp³-hybridized carbons (Fsp3) is 0.600. The van der Waals surface area contributed by atoms with Gasteiger partial charge in [0.2, 0.25) is 10.0 Å². The Labute approximate surface area is 123 Å². The topological polar surface area (TPSA) is 58.2 Å². The Kier molecular flexibility index (Phi) is 6.02. The summed E-state index contributed by atoms with van der Waals surface area (Å²) >= 11 is 0. The Balaban J connectivity index is 2.77. The van der Waals surface area contributed by atoms with Crippen LogP contribution >= 0.6 is 0 Å². The van der Waals surface area contributed by atoms with Crippen molar-refractivity contribution in [3.63, 3.8) is 0 Å². The molecule has 1 aromatic rings. The molecule has 1 atom stereocenters. The van der Waals surface area contributed by atoms with Gasteiger partial charge in [-0.2, -0.15) is 0 Å².